The van der Waals surface area contributed by atoms with Gasteiger partial charge in [0.2, 0.25) is 0 Å². The van der Waals surface area contributed by atoms with Crippen molar-refractivity contribution in [3.05, 3.63) is 85.8 Å². The number of ketones is 1. The minimum Gasteiger partial charge on any atom is -0.497 e. The van der Waals surface area contributed by atoms with Gasteiger partial charge in [0.05, 0.1) is 25.7 Å². The molecule has 2 aliphatic rings. The van der Waals surface area contributed by atoms with E-state index in [9.17, 15) is 9.59 Å². The molecule has 5 rings (SSSR count). The lowest BCUT2D eigenvalue weighted by molar-refractivity contribution is -0.118. The van der Waals surface area contributed by atoms with Crippen LogP contribution in [0, 0.1) is 5.41 Å². The quantitative estimate of drug-likeness (QED) is 0.297. The van der Waals surface area contributed by atoms with Crippen LogP contribution in [0.4, 0.5) is 5.82 Å². The number of methoxy groups -OCH3 is 2. The molecule has 1 aromatic heterocycles. The second-order valence-electron chi connectivity index (χ2n) is 10.0. The summed E-state index contributed by atoms with van der Waals surface area (Å²) in [6.45, 7) is 4.15. The van der Waals surface area contributed by atoms with Crippen molar-refractivity contribution in [2.45, 2.75) is 43.5 Å². The first-order valence-electron chi connectivity index (χ1n) is 12.0. The van der Waals surface area contributed by atoms with Crippen molar-refractivity contribution >= 4 is 35.0 Å². The average Bonchev–Trinajstić information content (AvgIpc) is 2.85. The number of Topliss-reactive ketones (excluding diaryl/α,β-unsaturated/α-hetero) is 1. The number of hydrogen-bond acceptors (Lipinski definition) is 7. The number of benzene rings is 2. The fourth-order valence-corrected chi connectivity index (χ4v) is 6.25. The molecule has 192 valence electrons. The molecule has 1 aliphatic heterocycles. The summed E-state index contributed by atoms with van der Waals surface area (Å²) < 4.78 is 11.1. The highest BCUT2D eigenvalue weighted by atomic mass is 35.5. The summed E-state index contributed by atoms with van der Waals surface area (Å²) >= 11 is 7.71. The zero-order chi connectivity index (χ0) is 26.3. The predicted molar refractivity (Wildman–Crippen MR) is 146 cm³/mol. The third-order valence-corrected chi connectivity index (χ3v) is 8.06. The highest BCUT2D eigenvalue weighted by molar-refractivity contribution is 7.98. The van der Waals surface area contributed by atoms with Gasteiger partial charge in [-0.2, -0.15) is 0 Å². The van der Waals surface area contributed by atoms with Crippen LogP contribution in [-0.4, -0.2) is 30.0 Å². The Hall–Kier alpha value is -3.23. The number of nitrogens with one attached hydrogen (secondary N) is 2. The molecule has 1 aliphatic carbocycles. The maximum atomic E-state index is 13.6. The molecule has 0 spiro atoms. The van der Waals surface area contributed by atoms with Crippen molar-refractivity contribution in [1.29, 1.82) is 0 Å². The van der Waals surface area contributed by atoms with Gasteiger partial charge in [0.25, 0.3) is 5.56 Å². The Kier molecular flexibility index (Phi) is 6.81. The molecular weight excluding hydrogens is 510 g/mol. The minimum atomic E-state index is -0.640. The average molecular weight is 538 g/mol. The number of H-pyrrole nitrogens is 1. The monoisotopic (exact) mass is 537 g/mol. The molecule has 2 aromatic carbocycles. The van der Waals surface area contributed by atoms with Crippen molar-refractivity contribution in [3.8, 4) is 11.5 Å². The van der Waals surface area contributed by atoms with E-state index in [4.69, 9.17) is 26.1 Å². The van der Waals surface area contributed by atoms with Crippen LogP contribution in [0.25, 0.3) is 0 Å². The zero-order valence-electron chi connectivity index (χ0n) is 21.1. The Morgan fingerprint density at radius 2 is 1.89 bits per heavy atom. The molecule has 0 bridgehead atoms. The molecule has 2 N–H and O–H groups in total. The van der Waals surface area contributed by atoms with Gasteiger partial charge in [-0.05, 0) is 41.7 Å². The van der Waals surface area contributed by atoms with E-state index in [0.717, 1.165) is 11.3 Å². The molecular formula is C28H28ClN3O4S. The van der Waals surface area contributed by atoms with Gasteiger partial charge < -0.3 is 19.8 Å². The van der Waals surface area contributed by atoms with Gasteiger partial charge in [-0.25, -0.2) is 4.98 Å². The van der Waals surface area contributed by atoms with Crippen molar-refractivity contribution in [3.63, 3.8) is 0 Å². The number of carbonyl (C=O) groups excluding carboxylic acids is 1. The highest BCUT2D eigenvalue weighted by Crippen LogP contribution is 2.49. The normalized spacial score (nSPS) is 18.1. The second-order valence-corrected chi connectivity index (χ2v) is 11.4. The zero-order valence-corrected chi connectivity index (χ0v) is 22.7. The molecule has 9 heteroatoms. The number of aromatic nitrogens is 2. The molecule has 3 aromatic rings. The largest absolute Gasteiger partial charge is 0.497 e. The number of fused-ring (bicyclic) bond motifs is 1. The van der Waals surface area contributed by atoms with Gasteiger partial charge in [0.15, 0.2) is 10.9 Å². The molecule has 0 fully saturated rings. The Balaban J connectivity index is 1.64. The maximum absolute atomic E-state index is 13.6. The van der Waals surface area contributed by atoms with E-state index in [1.807, 2.05) is 30.3 Å². The van der Waals surface area contributed by atoms with E-state index in [1.165, 1.54) is 11.8 Å². The standard InChI is InChI=1S/C28H28ClN3O4S/c1-28(2)12-19-23(20(33)13-28)22(17-11-16(35-3)9-10-21(17)36-4)24-25(30-19)31-27(32-26(24)34)37-14-15-7-5-6-8-18(15)29/h5-11,22H,12-14H2,1-4H3,(H2,30,31,32,34). The van der Waals surface area contributed by atoms with Gasteiger partial charge in [0.1, 0.15) is 17.3 Å². The van der Waals surface area contributed by atoms with Crippen molar-refractivity contribution < 1.29 is 14.3 Å². The third kappa shape index (κ3) is 4.88. The van der Waals surface area contributed by atoms with E-state index in [2.05, 4.69) is 24.1 Å². The highest BCUT2D eigenvalue weighted by Gasteiger charge is 2.43. The van der Waals surface area contributed by atoms with Crippen LogP contribution in [0.2, 0.25) is 5.02 Å². The van der Waals surface area contributed by atoms with Crippen LogP contribution in [0.15, 0.2) is 63.7 Å². The molecule has 0 amide bonds. The summed E-state index contributed by atoms with van der Waals surface area (Å²) in [5.41, 5.74) is 2.89. The fourth-order valence-electron chi connectivity index (χ4n) is 5.10. The van der Waals surface area contributed by atoms with E-state index < -0.39 is 5.92 Å². The summed E-state index contributed by atoms with van der Waals surface area (Å²) in [5.74, 6) is 1.55. The summed E-state index contributed by atoms with van der Waals surface area (Å²) in [4.78, 5) is 34.9. The SMILES string of the molecule is COc1ccc(OC)c(C2C3=C(CC(C)(C)CC3=O)Nc3nc(SCc4ccccc4Cl)[nH]c(=O)c32)c1. The van der Waals surface area contributed by atoms with Crippen LogP contribution >= 0.6 is 23.4 Å². The third-order valence-electron chi connectivity index (χ3n) is 6.77. The molecule has 1 atom stereocenters. The fraction of sp³-hybridized carbons (Fsp3) is 0.321. The van der Waals surface area contributed by atoms with Crippen molar-refractivity contribution in [2.75, 3.05) is 19.5 Å². The lowest BCUT2D eigenvalue weighted by Gasteiger charge is -2.38. The number of nitrogens with zero attached hydrogens (tertiary/aromatic N) is 1. The van der Waals surface area contributed by atoms with Crippen molar-refractivity contribution in [2.24, 2.45) is 5.41 Å². The number of anilines is 1. The minimum absolute atomic E-state index is 0.0100. The summed E-state index contributed by atoms with van der Waals surface area (Å²) in [5, 5.41) is 4.49. The van der Waals surface area contributed by atoms with Crippen LogP contribution in [0.1, 0.15) is 49.3 Å². The van der Waals surface area contributed by atoms with Gasteiger partial charge in [-0.3, -0.25) is 9.59 Å². The lowest BCUT2D eigenvalue weighted by atomic mass is 9.69. The van der Waals surface area contributed by atoms with Crippen molar-refractivity contribution in [1.82, 2.24) is 9.97 Å². The van der Waals surface area contributed by atoms with Gasteiger partial charge in [-0.1, -0.05) is 55.4 Å². The molecule has 0 saturated carbocycles. The number of aromatic amines is 1. The summed E-state index contributed by atoms with van der Waals surface area (Å²) in [6, 6.07) is 13.0. The predicted octanol–water partition coefficient (Wildman–Crippen LogP) is 5.93. The van der Waals surface area contributed by atoms with Gasteiger partial charge >= 0.3 is 0 Å². The van der Waals surface area contributed by atoms with Crippen LogP contribution < -0.4 is 20.3 Å². The number of allylic oxidation sites excluding steroid dienone is 2. The first-order valence-corrected chi connectivity index (χ1v) is 13.3. The van der Waals surface area contributed by atoms with E-state index >= 15 is 0 Å². The Morgan fingerprint density at radius 3 is 2.62 bits per heavy atom. The molecule has 0 saturated heterocycles. The summed E-state index contributed by atoms with van der Waals surface area (Å²) in [7, 11) is 3.16. The Bertz CT molecular complexity index is 1480. The van der Waals surface area contributed by atoms with Gasteiger partial charge in [0, 0.05) is 34.0 Å². The van der Waals surface area contributed by atoms with Crippen LogP contribution in [0.3, 0.4) is 0 Å². The first-order chi connectivity index (χ1) is 17.7. The number of halogens is 1. The molecule has 2 heterocycles. The molecule has 1 unspecified atom stereocenters. The van der Waals surface area contributed by atoms with E-state index in [0.29, 0.717) is 62.8 Å². The first kappa shape index (κ1) is 25.4. The smallest absolute Gasteiger partial charge is 0.257 e. The Labute approximate surface area is 224 Å². The van der Waals surface area contributed by atoms with Crippen LogP contribution in [-0.2, 0) is 10.5 Å². The lowest BCUT2D eigenvalue weighted by Crippen LogP contribution is -2.37. The Morgan fingerprint density at radius 1 is 1.11 bits per heavy atom. The molecule has 37 heavy (non-hydrogen) atoms. The van der Waals surface area contributed by atoms with Crippen LogP contribution in [0.5, 0.6) is 11.5 Å². The maximum Gasteiger partial charge on any atom is 0.257 e. The van der Waals surface area contributed by atoms with E-state index in [1.54, 1.807) is 26.4 Å². The van der Waals surface area contributed by atoms with Gasteiger partial charge in [-0.15, -0.1) is 0 Å². The summed E-state index contributed by atoms with van der Waals surface area (Å²) in [6.07, 6.45) is 1.05. The molecule has 0 radical (unpaired) electrons. The number of thioether (sulfide) groups is 1. The number of carbonyl (C=O) groups is 1. The topological polar surface area (TPSA) is 93.3 Å². The molecule has 7 nitrogen and oxygen atoms in total. The number of rotatable bonds is 6. The number of hydrogen-bond donors (Lipinski definition) is 2. The second kappa shape index (κ2) is 9.91. The number of ether oxygens (including phenoxy) is 2. The van der Waals surface area contributed by atoms with E-state index in [-0.39, 0.29) is 16.8 Å².